The molecule has 0 bridgehead atoms. The van der Waals surface area contributed by atoms with Crippen LogP contribution in [0.3, 0.4) is 0 Å². The number of aromatic nitrogens is 6. The lowest BCUT2D eigenvalue weighted by atomic mass is 9.89. The van der Waals surface area contributed by atoms with Crippen LogP contribution in [0.15, 0.2) is 109 Å². The minimum Gasteiger partial charge on any atom is -0.478 e. The van der Waals surface area contributed by atoms with Gasteiger partial charge in [-0.1, -0.05) is 36.4 Å². The molecule has 1 aliphatic rings. The maximum atomic E-state index is 12.0. The minimum atomic E-state index is -3.36. The van der Waals surface area contributed by atoms with Gasteiger partial charge in [0.25, 0.3) is 0 Å². The number of likely N-dealkylation sites (tertiary alicyclic amines) is 1. The average Bonchev–Trinajstić information content (AvgIpc) is 3.84. The number of nitrogens with zero attached hydrogens (tertiary/aromatic N) is 9. The van der Waals surface area contributed by atoms with Crippen LogP contribution < -0.4 is 13.9 Å². The summed E-state index contributed by atoms with van der Waals surface area (Å²) in [5.41, 5.74) is 8.15. The summed E-state index contributed by atoms with van der Waals surface area (Å²) in [5, 5.41) is 31.1. The summed E-state index contributed by atoms with van der Waals surface area (Å²) >= 11 is 0. The Morgan fingerprint density at radius 1 is 0.733 bits per heavy atom. The van der Waals surface area contributed by atoms with Crippen molar-refractivity contribution in [3.05, 3.63) is 115 Å². The highest BCUT2D eigenvalue weighted by atomic mass is 32.2. The number of hydrogen-bond donors (Lipinski definition) is 3. The van der Waals surface area contributed by atoms with Gasteiger partial charge in [0.1, 0.15) is 0 Å². The summed E-state index contributed by atoms with van der Waals surface area (Å²) in [4.78, 5) is 10.5. The molecule has 0 spiro atoms. The van der Waals surface area contributed by atoms with Crippen LogP contribution in [0.1, 0.15) is 31.2 Å². The standard InChI is InChI=1S/C28H34N6O3S.C14H14N4O3S/c1-20(35)19-33-15-13-22(14-16-33)21-7-9-24(10-8-21)30-28-29-18-26-11-12-27(34(26)31-28)23-5-4-6-25(17-23)32(2)38(3,36)37;1-17(22(2,20)21)11-5-3-4-10(8-11)13-7-6-12-9-15-14(19)16-18(12)13/h4-12,17-18,20,22,35H,13-16,19H2,1-3H3,(H,30,31);3-9H,1-2H3,(H,16,19). The van der Waals surface area contributed by atoms with Gasteiger partial charge in [0, 0.05) is 37.5 Å². The molecule has 314 valence electrons. The van der Waals surface area contributed by atoms with Crippen LogP contribution in [0.4, 0.5) is 23.0 Å². The summed E-state index contributed by atoms with van der Waals surface area (Å²) in [5.74, 6) is 1.00. The Kier molecular flexibility index (Phi) is 12.1. The van der Waals surface area contributed by atoms with E-state index in [9.17, 15) is 27.0 Å². The lowest BCUT2D eigenvalue weighted by Crippen LogP contribution is -2.37. The Morgan fingerprint density at radius 3 is 1.77 bits per heavy atom. The quantitative estimate of drug-likeness (QED) is 0.146. The summed E-state index contributed by atoms with van der Waals surface area (Å²) in [6, 6.07) is 30.1. The first-order chi connectivity index (χ1) is 28.5. The van der Waals surface area contributed by atoms with Gasteiger partial charge < -0.3 is 20.4 Å². The molecular formula is C42H48N10O6S2. The number of β-amino-alcohol motifs (C(OH)–C–C–N with tert-alkyl or cyclic N) is 1. The van der Waals surface area contributed by atoms with E-state index in [0.717, 1.165) is 78.0 Å². The van der Waals surface area contributed by atoms with Gasteiger partial charge in [-0.2, -0.15) is 0 Å². The molecule has 1 unspecified atom stereocenters. The first-order valence-electron chi connectivity index (χ1n) is 19.3. The molecule has 60 heavy (non-hydrogen) atoms. The molecule has 8 rings (SSSR count). The summed E-state index contributed by atoms with van der Waals surface area (Å²) in [6.45, 7) is 4.60. The van der Waals surface area contributed by atoms with Gasteiger partial charge in [0.15, 0.2) is 0 Å². The predicted octanol–water partition coefficient (Wildman–Crippen LogP) is 5.59. The van der Waals surface area contributed by atoms with Crippen LogP contribution in [0.25, 0.3) is 33.5 Å². The Balaban J connectivity index is 0.000000210. The number of fused-ring (bicyclic) bond motifs is 2. The third-order valence-corrected chi connectivity index (χ3v) is 13.0. The molecule has 5 heterocycles. The highest BCUT2D eigenvalue weighted by Gasteiger charge is 2.22. The normalized spacial score (nSPS) is 14.4. The zero-order valence-electron chi connectivity index (χ0n) is 34.0. The molecular weight excluding hydrogens is 805 g/mol. The first kappa shape index (κ1) is 42.1. The van der Waals surface area contributed by atoms with E-state index < -0.39 is 20.0 Å². The van der Waals surface area contributed by atoms with Crippen molar-refractivity contribution in [2.75, 3.05) is 60.2 Å². The number of sulfonamides is 2. The van der Waals surface area contributed by atoms with Gasteiger partial charge in [0.05, 0.1) is 64.8 Å². The van der Waals surface area contributed by atoms with Crippen LogP contribution >= 0.6 is 0 Å². The number of aromatic hydroxyl groups is 1. The van der Waals surface area contributed by atoms with Gasteiger partial charge in [-0.15, -0.1) is 10.2 Å². The molecule has 1 atom stereocenters. The van der Waals surface area contributed by atoms with Crippen LogP contribution in [0.5, 0.6) is 6.01 Å². The topological polar surface area (TPSA) is 191 Å². The fourth-order valence-electron chi connectivity index (χ4n) is 7.18. The van der Waals surface area contributed by atoms with Gasteiger partial charge >= 0.3 is 6.01 Å². The second-order valence-electron chi connectivity index (χ2n) is 15.0. The van der Waals surface area contributed by atoms with Crippen molar-refractivity contribution in [1.29, 1.82) is 0 Å². The van der Waals surface area contributed by atoms with Crippen molar-refractivity contribution in [1.82, 2.24) is 34.1 Å². The Morgan fingerprint density at radius 2 is 1.25 bits per heavy atom. The first-order valence-corrected chi connectivity index (χ1v) is 23.0. The molecule has 1 fully saturated rings. The monoisotopic (exact) mass is 852 g/mol. The van der Waals surface area contributed by atoms with Gasteiger partial charge in [-0.25, -0.2) is 35.8 Å². The van der Waals surface area contributed by atoms with E-state index in [2.05, 4.69) is 49.5 Å². The number of piperidine rings is 1. The Labute approximate surface area is 349 Å². The number of hydrogen-bond acceptors (Lipinski definition) is 12. The van der Waals surface area contributed by atoms with Crippen molar-refractivity contribution in [2.45, 2.75) is 31.8 Å². The lowest BCUT2D eigenvalue weighted by molar-refractivity contribution is 0.109. The minimum absolute atomic E-state index is 0.285. The molecule has 18 heteroatoms. The fraction of sp³-hybridized carbons (Fsp3) is 0.286. The largest absolute Gasteiger partial charge is 0.478 e. The number of anilines is 4. The molecule has 0 saturated carbocycles. The van der Waals surface area contributed by atoms with E-state index in [4.69, 9.17) is 5.10 Å². The summed E-state index contributed by atoms with van der Waals surface area (Å²) < 4.78 is 53.1. The fourth-order valence-corrected chi connectivity index (χ4v) is 8.18. The molecule has 0 amide bonds. The smallest absolute Gasteiger partial charge is 0.331 e. The van der Waals surface area contributed by atoms with E-state index in [0.29, 0.717) is 23.2 Å². The molecule has 16 nitrogen and oxygen atoms in total. The highest BCUT2D eigenvalue weighted by molar-refractivity contribution is 7.92. The lowest BCUT2D eigenvalue weighted by Gasteiger charge is -2.32. The molecule has 0 radical (unpaired) electrons. The third kappa shape index (κ3) is 9.68. The maximum absolute atomic E-state index is 12.0. The van der Waals surface area contributed by atoms with Crippen molar-refractivity contribution < 1.29 is 27.0 Å². The third-order valence-electron chi connectivity index (χ3n) is 10.5. The van der Waals surface area contributed by atoms with Gasteiger partial charge in [-0.3, -0.25) is 8.61 Å². The van der Waals surface area contributed by atoms with Crippen molar-refractivity contribution in [3.8, 4) is 28.5 Å². The van der Waals surface area contributed by atoms with E-state index in [1.807, 2.05) is 60.0 Å². The van der Waals surface area contributed by atoms with Crippen LogP contribution in [0.2, 0.25) is 0 Å². The van der Waals surface area contributed by atoms with E-state index in [1.165, 1.54) is 33.7 Å². The zero-order chi connectivity index (χ0) is 42.8. The molecule has 4 aromatic heterocycles. The number of rotatable bonds is 11. The predicted molar refractivity (Wildman–Crippen MR) is 235 cm³/mol. The number of aliphatic hydroxyl groups excluding tert-OH is 1. The molecule has 3 aromatic carbocycles. The van der Waals surface area contributed by atoms with Crippen molar-refractivity contribution in [2.24, 2.45) is 0 Å². The number of benzene rings is 3. The second kappa shape index (κ2) is 17.3. The molecule has 1 aliphatic heterocycles. The van der Waals surface area contributed by atoms with Gasteiger partial charge in [0.2, 0.25) is 26.0 Å². The molecule has 3 N–H and O–H groups in total. The van der Waals surface area contributed by atoms with Crippen molar-refractivity contribution in [3.63, 3.8) is 0 Å². The van der Waals surface area contributed by atoms with E-state index in [1.54, 1.807) is 42.0 Å². The van der Waals surface area contributed by atoms with Gasteiger partial charge in [-0.05, 0) is 105 Å². The SMILES string of the molecule is CC(O)CN1CCC(c2ccc(Nc3ncc4ccc(-c5cccc(N(C)S(C)(=O)=O)c5)n4n3)cc2)CC1.CN(c1cccc(-c2ccc3cnc(O)nn23)c1)S(C)(=O)=O. The van der Waals surface area contributed by atoms with Crippen LogP contribution in [-0.4, -0.2) is 113 Å². The van der Waals surface area contributed by atoms with Crippen molar-refractivity contribution >= 4 is 54.1 Å². The summed E-state index contributed by atoms with van der Waals surface area (Å²) in [7, 11) is -3.65. The maximum Gasteiger partial charge on any atom is 0.331 e. The Hall–Kier alpha value is -6.08. The number of nitrogens with one attached hydrogen (secondary N) is 1. The molecule has 7 aromatic rings. The molecule has 0 aliphatic carbocycles. The van der Waals surface area contributed by atoms with Crippen LogP contribution in [0, 0.1) is 0 Å². The highest BCUT2D eigenvalue weighted by Crippen LogP contribution is 2.31. The van der Waals surface area contributed by atoms with E-state index in [-0.39, 0.29) is 12.1 Å². The summed E-state index contributed by atoms with van der Waals surface area (Å²) in [6.07, 6.45) is 7.52. The zero-order valence-corrected chi connectivity index (χ0v) is 35.6. The average molecular weight is 853 g/mol. The van der Waals surface area contributed by atoms with E-state index >= 15 is 0 Å². The molecule has 1 saturated heterocycles. The number of aliphatic hydroxyl groups is 1. The van der Waals surface area contributed by atoms with Crippen LogP contribution in [-0.2, 0) is 20.0 Å². The Bertz CT molecular complexity index is 2840. The second-order valence-corrected chi connectivity index (χ2v) is 19.0.